The molecular weight excluding hydrogens is 190 g/mol. The van der Waals surface area contributed by atoms with Crippen LogP contribution in [0.1, 0.15) is 12.0 Å². The molecule has 0 unspecified atom stereocenters. The van der Waals surface area contributed by atoms with E-state index in [0.29, 0.717) is 12.2 Å². The molecule has 0 aliphatic heterocycles. The van der Waals surface area contributed by atoms with Crippen LogP contribution in [-0.4, -0.2) is 12.5 Å². The fraction of sp³-hybridized carbons (Fsp3) is 0.273. The van der Waals surface area contributed by atoms with Gasteiger partial charge in [-0.2, -0.15) is 5.26 Å². The zero-order chi connectivity index (χ0) is 11.1. The van der Waals surface area contributed by atoms with Crippen LogP contribution < -0.4 is 11.1 Å². The Balaban J connectivity index is 2.57. The summed E-state index contributed by atoms with van der Waals surface area (Å²) in [5.41, 5.74) is 7.25. The van der Waals surface area contributed by atoms with Crippen molar-refractivity contribution in [3.63, 3.8) is 0 Å². The molecule has 0 saturated carbocycles. The molecule has 4 nitrogen and oxygen atoms in total. The number of carbonyl (C=O) groups is 1. The van der Waals surface area contributed by atoms with Crippen LogP contribution >= 0.6 is 0 Å². The summed E-state index contributed by atoms with van der Waals surface area (Å²) in [6.45, 7) is 0.611. The number of rotatable bonds is 4. The molecule has 0 bridgehead atoms. The zero-order valence-corrected chi connectivity index (χ0v) is 8.36. The third-order valence-electron chi connectivity index (χ3n) is 1.91. The van der Waals surface area contributed by atoms with Gasteiger partial charge in [0.1, 0.15) is 6.42 Å². The standard InChI is InChI=1S/C11H13N3O/c12-7-5-9-1-3-10(4-2-9)14-11(15)6-8-13/h1-4H,5-7,12H2,(H,14,15). The van der Waals surface area contributed by atoms with E-state index in [4.69, 9.17) is 11.0 Å². The topological polar surface area (TPSA) is 78.9 Å². The zero-order valence-electron chi connectivity index (χ0n) is 8.36. The van der Waals surface area contributed by atoms with Gasteiger partial charge in [0.05, 0.1) is 6.07 Å². The molecule has 15 heavy (non-hydrogen) atoms. The highest BCUT2D eigenvalue weighted by Gasteiger charge is 2.00. The SMILES string of the molecule is N#CCC(=O)Nc1ccc(CCN)cc1. The van der Waals surface area contributed by atoms with Crippen LogP contribution in [0, 0.1) is 11.3 Å². The summed E-state index contributed by atoms with van der Waals surface area (Å²) in [5.74, 6) is -0.288. The maximum Gasteiger partial charge on any atom is 0.238 e. The average Bonchev–Trinajstić information content (AvgIpc) is 2.22. The fourth-order valence-corrected chi connectivity index (χ4v) is 1.20. The highest BCUT2D eigenvalue weighted by atomic mass is 16.1. The minimum Gasteiger partial charge on any atom is -0.330 e. The van der Waals surface area contributed by atoms with Crippen molar-refractivity contribution >= 4 is 11.6 Å². The van der Waals surface area contributed by atoms with Crippen molar-refractivity contribution in [2.75, 3.05) is 11.9 Å². The summed E-state index contributed by atoms with van der Waals surface area (Å²) in [6, 6.07) is 9.23. The minimum atomic E-state index is -0.288. The first-order valence-electron chi connectivity index (χ1n) is 4.72. The van der Waals surface area contributed by atoms with E-state index >= 15 is 0 Å². The Labute approximate surface area is 88.7 Å². The molecule has 0 radical (unpaired) electrons. The lowest BCUT2D eigenvalue weighted by Crippen LogP contribution is -2.10. The van der Waals surface area contributed by atoms with Crippen molar-refractivity contribution in [3.05, 3.63) is 29.8 Å². The number of benzene rings is 1. The second kappa shape index (κ2) is 5.78. The Hall–Kier alpha value is -1.86. The molecule has 0 fully saturated rings. The van der Waals surface area contributed by atoms with Crippen LogP contribution in [0.25, 0.3) is 0 Å². The van der Waals surface area contributed by atoms with Gasteiger partial charge in [-0.25, -0.2) is 0 Å². The molecule has 0 atom stereocenters. The number of nitrogens with zero attached hydrogens (tertiary/aromatic N) is 1. The van der Waals surface area contributed by atoms with Crippen molar-refractivity contribution in [1.29, 1.82) is 5.26 Å². The number of hydrogen-bond acceptors (Lipinski definition) is 3. The Bertz CT molecular complexity index is 364. The van der Waals surface area contributed by atoms with Gasteiger partial charge in [0.25, 0.3) is 0 Å². The van der Waals surface area contributed by atoms with Crippen LogP contribution in [0.4, 0.5) is 5.69 Å². The Morgan fingerprint density at radius 3 is 2.60 bits per heavy atom. The van der Waals surface area contributed by atoms with Crippen LogP contribution in [-0.2, 0) is 11.2 Å². The van der Waals surface area contributed by atoms with Gasteiger partial charge in [0.2, 0.25) is 5.91 Å². The average molecular weight is 203 g/mol. The van der Waals surface area contributed by atoms with E-state index in [1.54, 1.807) is 18.2 Å². The summed E-state index contributed by atoms with van der Waals surface area (Å²) in [5, 5.41) is 10.9. The number of nitrogens with two attached hydrogens (primary N) is 1. The maximum absolute atomic E-state index is 11.1. The van der Waals surface area contributed by atoms with Crippen molar-refractivity contribution in [2.45, 2.75) is 12.8 Å². The van der Waals surface area contributed by atoms with Gasteiger partial charge in [-0.15, -0.1) is 0 Å². The Kier molecular flexibility index (Phi) is 4.32. The van der Waals surface area contributed by atoms with Gasteiger partial charge in [-0.3, -0.25) is 4.79 Å². The van der Waals surface area contributed by atoms with Crippen molar-refractivity contribution in [1.82, 2.24) is 0 Å². The van der Waals surface area contributed by atoms with Gasteiger partial charge >= 0.3 is 0 Å². The first kappa shape index (κ1) is 11.2. The predicted molar refractivity (Wildman–Crippen MR) is 58.1 cm³/mol. The Morgan fingerprint density at radius 2 is 2.07 bits per heavy atom. The summed E-state index contributed by atoms with van der Waals surface area (Å²) >= 11 is 0. The molecule has 1 aromatic carbocycles. The third-order valence-corrected chi connectivity index (χ3v) is 1.91. The molecule has 1 amide bonds. The lowest BCUT2D eigenvalue weighted by Gasteiger charge is -2.03. The first-order chi connectivity index (χ1) is 7.26. The molecule has 0 saturated heterocycles. The molecule has 78 valence electrons. The van der Waals surface area contributed by atoms with Crippen molar-refractivity contribution < 1.29 is 4.79 Å². The molecule has 0 spiro atoms. The molecule has 1 rings (SSSR count). The van der Waals surface area contributed by atoms with Gasteiger partial charge < -0.3 is 11.1 Å². The number of nitrogens with one attached hydrogen (secondary N) is 1. The van der Waals surface area contributed by atoms with Gasteiger partial charge in [-0.05, 0) is 30.7 Å². The molecule has 1 aromatic rings. The lowest BCUT2D eigenvalue weighted by atomic mass is 10.1. The minimum absolute atomic E-state index is 0.120. The summed E-state index contributed by atoms with van der Waals surface area (Å²) in [7, 11) is 0. The smallest absolute Gasteiger partial charge is 0.238 e. The van der Waals surface area contributed by atoms with E-state index in [9.17, 15) is 4.79 Å². The Morgan fingerprint density at radius 1 is 1.40 bits per heavy atom. The third kappa shape index (κ3) is 3.79. The van der Waals surface area contributed by atoms with E-state index in [2.05, 4.69) is 5.32 Å². The second-order valence-electron chi connectivity index (χ2n) is 3.12. The molecule has 0 aliphatic carbocycles. The molecular formula is C11H13N3O. The normalized spacial score (nSPS) is 9.33. The van der Waals surface area contributed by atoms with Crippen molar-refractivity contribution in [2.24, 2.45) is 5.73 Å². The number of nitriles is 1. The number of hydrogen-bond donors (Lipinski definition) is 2. The van der Waals surface area contributed by atoms with E-state index in [1.807, 2.05) is 12.1 Å². The second-order valence-corrected chi connectivity index (χ2v) is 3.12. The van der Waals surface area contributed by atoms with Crippen LogP contribution in [0.3, 0.4) is 0 Å². The van der Waals surface area contributed by atoms with Crippen molar-refractivity contribution in [3.8, 4) is 6.07 Å². The fourth-order valence-electron chi connectivity index (χ4n) is 1.20. The maximum atomic E-state index is 11.1. The molecule has 0 heterocycles. The lowest BCUT2D eigenvalue weighted by molar-refractivity contribution is -0.115. The van der Waals surface area contributed by atoms with E-state index in [0.717, 1.165) is 12.0 Å². The van der Waals surface area contributed by atoms with Crippen LogP contribution in [0.2, 0.25) is 0 Å². The molecule has 3 N–H and O–H groups in total. The van der Waals surface area contributed by atoms with Crippen LogP contribution in [0.5, 0.6) is 0 Å². The number of carbonyl (C=O) groups excluding carboxylic acids is 1. The molecule has 0 aromatic heterocycles. The summed E-state index contributed by atoms with van der Waals surface area (Å²) in [6.07, 6.45) is 0.705. The highest BCUT2D eigenvalue weighted by molar-refractivity contribution is 5.91. The monoisotopic (exact) mass is 203 g/mol. The number of amides is 1. The molecule has 4 heteroatoms. The summed E-state index contributed by atoms with van der Waals surface area (Å²) < 4.78 is 0. The van der Waals surface area contributed by atoms with E-state index in [-0.39, 0.29) is 12.3 Å². The first-order valence-corrected chi connectivity index (χ1v) is 4.72. The van der Waals surface area contributed by atoms with Gasteiger partial charge in [0.15, 0.2) is 0 Å². The van der Waals surface area contributed by atoms with Crippen LogP contribution in [0.15, 0.2) is 24.3 Å². The summed E-state index contributed by atoms with van der Waals surface area (Å²) in [4.78, 5) is 11.1. The quantitative estimate of drug-likeness (QED) is 0.767. The largest absolute Gasteiger partial charge is 0.330 e. The van der Waals surface area contributed by atoms with Gasteiger partial charge in [0, 0.05) is 5.69 Å². The molecule has 0 aliphatic rings. The van der Waals surface area contributed by atoms with E-state index in [1.165, 1.54) is 0 Å². The van der Waals surface area contributed by atoms with Gasteiger partial charge in [-0.1, -0.05) is 12.1 Å². The highest BCUT2D eigenvalue weighted by Crippen LogP contribution is 2.09. The van der Waals surface area contributed by atoms with E-state index < -0.39 is 0 Å². The predicted octanol–water partition coefficient (Wildman–Crippen LogP) is 1.04. The number of anilines is 1.